The highest BCUT2D eigenvalue weighted by molar-refractivity contribution is 6.34. The summed E-state index contributed by atoms with van der Waals surface area (Å²) in [6.07, 6.45) is 0. The Morgan fingerprint density at radius 1 is 1.00 bits per heavy atom. The minimum atomic E-state index is -0.410. The van der Waals surface area contributed by atoms with E-state index in [2.05, 4.69) is 5.32 Å². The fourth-order valence-corrected chi connectivity index (χ4v) is 3.79. The lowest BCUT2D eigenvalue weighted by Gasteiger charge is -2.16. The normalized spacial score (nSPS) is 12.7. The van der Waals surface area contributed by atoms with E-state index in [9.17, 15) is 14.4 Å². The van der Waals surface area contributed by atoms with E-state index in [4.69, 9.17) is 16.3 Å². The number of halogens is 1. The number of aryl methyl sites for hydroxylation is 1. The lowest BCUT2D eigenvalue weighted by atomic mass is 10.1. The van der Waals surface area contributed by atoms with Gasteiger partial charge < -0.3 is 10.1 Å². The first-order chi connectivity index (χ1) is 14.9. The Hall–Kier alpha value is -3.64. The van der Waals surface area contributed by atoms with Crippen molar-refractivity contribution in [2.45, 2.75) is 13.5 Å². The number of ether oxygens (including phenoxy) is 1. The number of anilines is 1. The Balaban J connectivity index is 1.60. The Labute approximate surface area is 184 Å². The zero-order valence-electron chi connectivity index (χ0n) is 16.9. The third-order valence-corrected chi connectivity index (χ3v) is 5.41. The zero-order chi connectivity index (χ0) is 22.1. The second-order valence-corrected chi connectivity index (χ2v) is 7.62. The van der Waals surface area contributed by atoms with Crippen LogP contribution >= 0.6 is 11.6 Å². The highest BCUT2D eigenvalue weighted by atomic mass is 35.5. The number of nitrogens with zero attached hydrogens (tertiary/aromatic N) is 1. The summed E-state index contributed by atoms with van der Waals surface area (Å²) in [4.78, 5) is 39.4. The number of methoxy groups -OCH3 is 1. The molecule has 0 radical (unpaired) electrons. The summed E-state index contributed by atoms with van der Waals surface area (Å²) in [5, 5.41) is 3.21. The molecule has 0 fully saturated rings. The number of amides is 3. The first-order valence-corrected chi connectivity index (χ1v) is 9.96. The monoisotopic (exact) mass is 434 g/mol. The number of hydrogen-bond donors (Lipinski definition) is 1. The summed E-state index contributed by atoms with van der Waals surface area (Å²) >= 11 is 6.23. The predicted molar refractivity (Wildman–Crippen MR) is 118 cm³/mol. The maximum absolute atomic E-state index is 12.9. The molecule has 156 valence electrons. The Morgan fingerprint density at radius 2 is 1.68 bits per heavy atom. The van der Waals surface area contributed by atoms with Crippen molar-refractivity contribution in [2.75, 3.05) is 12.4 Å². The number of imide groups is 1. The largest absolute Gasteiger partial charge is 0.496 e. The number of carbonyl (C=O) groups is 3. The van der Waals surface area contributed by atoms with Crippen molar-refractivity contribution < 1.29 is 19.1 Å². The molecule has 4 rings (SSSR count). The molecule has 0 aromatic heterocycles. The number of benzene rings is 3. The van der Waals surface area contributed by atoms with Gasteiger partial charge in [0, 0.05) is 0 Å². The molecule has 0 atom stereocenters. The van der Waals surface area contributed by atoms with Gasteiger partial charge in [0.1, 0.15) is 5.75 Å². The second kappa shape index (κ2) is 8.24. The maximum Gasteiger partial charge on any atom is 0.261 e. The van der Waals surface area contributed by atoms with E-state index < -0.39 is 5.91 Å². The molecule has 3 amide bonds. The smallest absolute Gasteiger partial charge is 0.261 e. The van der Waals surface area contributed by atoms with Gasteiger partial charge in [-0.2, -0.15) is 0 Å². The van der Waals surface area contributed by atoms with Crippen LogP contribution in [0.15, 0.2) is 60.7 Å². The van der Waals surface area contributed by atoms with Crippen molar-refractivity contribution in [3.63, 3.8) is 0 Å². The van der Waals surface area contributed by atoms with Crippen LogP contribution in [0.3, 0.4) is 0 Å². The van der Waals surface area contributed by atoms with E-state index in [1.165, 1.54) is 12.0 Å². The molecule has 7 heteroatoms. The van der Waals surface area contributed by atoms with Gasteiger partial charge in [-0.1, -0.05) is 35.9 Å². The Bertz CT molecular complexity index is 1190. The Morgan fingerprint density at radius 3 is 2.29 bits per heavy atom. The highest BCUT2D eigenvalue weighted by Crippen LogP contribution is 2.28. The average Bonchev–Trinajstić information content (AvgIpc) is 3.00. The lowest BCUT2D eigenvalue weighted by Crippen LogP contribution is -2.29. The van der Waals surface area contributed by atoms with Gasteiger partial charge in [-0.05, 0) is 54.4 Å². The van der Waals surface area contributed by atoms with E-state index >= 15 is 0 Å². The van der Waals surface area contributed by atoms with E-state index in [1.54, 1.807) is 54.6 Å². The van der Waals surface area contributed by atoms with Crippen molar-refractivity contribution in [1.82, 2.24) is 4.90 Å². The minimum absolute atomic E-state index is 0.0436. The minimum Gasteiger partial charge on any atom is -0.496 e. The number of hydrogen-bond acceptors (Lipinski definition) is 4. The lowest BCUT2D eigenvalue weighted by molar-refractivity contribution is 0.0642. The van der Waals surface area contributed by atoms with E-state index in [0.29, 0.717) is 33.1 Å². The van der Waals surface area contributed by atoms with Crippen molar-refractivity contribution in [1.29, 1.82) is 0 Å². The van der Waals surface area contributed by atoms with Crippen molar-refractivity contribution in [2.24, 2.45) is 0 Å². The zero-order valence-corrected chi connectivity index (χ0v) is 17.7. The first-order valence-electron chi connectivity index (χ1n) is 9.58. The van der Waals surface area contributed by atoms with Crippen LogP contribution in [0, 0.1) is 6.92 Å². The quantitative estimate of drug-likeness (QED) is 0.590. The van der Waals surface area contributed by atoms with Gasteiger partial charge in [0.25, 0.3) is 17.7 Å². The second-order valence-electron chi connectivity index (χ2n) is 7.21. The SMILES string of the molecule is COc1ccc(CN2C(=O)c3ccccc3C2=O)cc1C(=O)Nc1ccc(C)cc1Cl. The van der Waals surface area contributed by atoms with Crippen LogP contribution in [0.4, 0.5) is 5.69 Å². The third kappa shape index (κ3) is 3.90. The van der Waals surface area contributed by atoms with Gasteiger partial charge in [-0.25, -0.2) is 0 Å². The number of fused-ring (bicyclic) bond motifs is 1. The van der Waals surface area contributed by atoms with E-state index in [1.807, 2.05) is 13.0 Å². The van der Waals surface area contributed by atoms with Crippen LogP contribution < -0.4 is 10.1 Å². The van der Waals surface area contributed by atoms with Crippen LogP contribution in [-0.4, -0.2) is 29.7 Å². The standard InChI is InChI=1S/C24H19ClN2O4/c1-14-7-9-20(19(25)11-14)26-22(28)18-12-15(8-10-21(18)31-2)13-27-23(29)16-5-3-4-6-17(16)24(27)30/h3-12H,13H2,1-2H3,(H,26,28). The van der Waals surface area contributed by atoms with Crippen molar-refractivity contribution in [3.05, 3.63) is 93.5 Å². The molecule has 0 bridgehead atoms. The molecule has 0 saturated carbocycles. The molecule has 1 aliphatic heterocycles. The summed E-state index contributed by atoms with van der Waals surface area (Å²) in [6.45, 7) is 1.95. The molecule has 0 aliphatic carbocycles. The maximum atomic E-state index is 12.9. The topological polar surface area (TPSA) is 75.7 Å². The summed E-state index contributed by atoms with van der Waals surface area (Å²) in [6, 6.07) is 17.0. The molecule has 3 aromatic carbocycles. The molecule has 0 spiro atoms. The molecule has 31 heavy (non-hydrogen) atoms. The fraction of sp³-hybridized carbons (Fsp3) is 0.125. The summed E-state index contributed by atoms with van der Waals surface area (Å²) in [7, 11) is 1.47. The Kier molecular flexibility index (Phi) is 5.48. The molecule has 1 N–H and O–H groups in total. The van der Waals surface area contributed by atoms with Crippen molar-refractivity contribution >= 4 is 35.0 Å². The first kappa shape index (κ1) is 20.6. The summed E-state index contributed by atoms with van der Waals surface area (Å²) in [5.74, 6) is -0.749. The van der Waals surface area contributed by atoms with Crippen LogP contribution in [0.2, 0.25) is 5.02 Å². The number of carbonyl (C=O) groups excluding carboxylic acids is 3. The van der Waals surface area contributed by atoms with Crippen LogP contribution in [-0.2, 0) is 6.54 Å². The van der Waals surface area contributed by atoms with Gasteiger partial charge in [0.05, 0.1) is 41.1 Å². The fourth-order valence-electron chi connectivity index (χ4n) is 3.51. The van der Waals surface area contributed by atoms with Crippen LogP contribution in [0.25, 0.3) is 0 Å². The average molecular weight is 435 g/mol. The van der Waals surface area contributed by atoms with Gasteiger partial charge in [-0.15, -0.1) is 0 Å². The van der Waals surface area contributed by atoms with Gasteiger partial charge >= 0.3 is 0 Å². The third-order valence-electron chi connectivity index (χ3n) is 5.10. The highest BCUT2D eigenvalue weighted by Gasteiger charge is 2.35. The predicted octanol–water partition coefficient (Wildman–Crippen LogP) is 4.71. The van der Waals surface area contributed by atoms with Gasteiger partial charge in [0.2, 0.25) is 0 Å². The van der Waals surface area contributed by atoms with Crippen LogP contribution in [0.5, 0.6) is 5.75 Å². The molecule has 0 unspecified atom stereocenters. The molecule has 1 aliphatic rings. The molecule has 3 aromatic rings. The van der Waals surface area contributed by atoms with E-state index in [0.717, 1.165) is 5.56 Å². The van der Waals surface area contributed by atoms with Gasteiger partial charge in [-0.3, -0.25) is 19.3 Å². The van der Waals surface area contributed by atoms with Crippen molar-refractivity contribution in [3.8, 4) is 5.75 Å². The number of rotatable bonds is 5. The molecule has 0 saturated heterocycles. The molecular formula is C24H19ClN2O4. The molecule has 1 heterocycles. The summed E-state index contributed by atoms with van der Waals surface area (Å²) in [5.41, 5.74) is 3.11. The molecular weight excluding hydrogens is 416 g/mol. The number of nitrogens with one attached hydrogen (secondary N) is 1. The summed E-state index contributed by atoms with van der Waals surface area (Å²) < 4.78 is 5.33. The van der Waals surface area contributed by atoms with E-state index in [-0.39, 0.29) is 23.9 Å². The van der Waals surface area contributed by atoms with Crippen LogP contribution in [0.1, 0.15) is 42.2 Å². The van der Waals surface area contributed by atoms with Gasteiger partial charge in [0.15, 0.2) is 0 Å². The molecule has 6 nitrogen and oxygen atoms in total.